The van der Waals surface area contributed by atoms with E-state index in [0.717, 1.165) is 25.3 Å². The fraction of sp³-hybridized carbons (Fsp3) is 0.600. The summed E-state index contributed by atoms with van der Waals surface area (Å²) in [5.74, 6) is 0.996. The van der Waals surface area contributed by atoms with Gasteiger partial charge in [-0.05, 0) is 69.0 Å². The topological polar surface area (TPSA) is 21.3 Å². The Bertz CT molecular complexity index is 347. The standard InChI is InChI=1S/C15H25NO/c1-5-8-16-9-6-7-14-10-13(3)15(17-4)11-12(14)2/h10-11,16H,5-9H2,1-4H3. The molecule has 2 nitrogen and oxygen atoms in total. The predicted octanol–water partition coefficient (Wildman–Crippen LogP) is 3.24. The van der Waals surface area contributed by atoms with Crippen LogP contribution in [0, 0.1) is 13.8 Å². The summed E-state index contributed by atoms with van der Waals surface area (Å²) in [5.41, 5.74) is 4.01. The Hall–Kier alpha value is -1.02. The van der Waals surface area contributed by atoms with Gasteiger partial charge < -0.3 is 10.1 Å². The van der Waals surface area contributed by atoms with Crippen LogP contribution in [-0.4, -0.2) is 20.2 Å². The summed E-state index contributed by atoms with van der Waals surface area (Å²) in [5, 5.41) is 3.44. The summed E-state index contributed by atoms with van der Waals surface area (Å²) < 4.78 is 5.33. The molecule has 0 saturated heterocycles. The lowest BCUT2D eigenvalue weighted by atomic mass is 10.0. The molecule has 0 heterocycles. The van der Waals surface area contributed by atoms with Gasteiger partial charge in [-0.1, -0.05) is 13.0 Å². The molecule has 0 atom stereocenters. The lowest BCUT2D eigenvalue weighted by Crippen LogP contribution is -2.16. The van der Waals surface area contributed by atoms with Crippen LogP contribution < -0.4 is 10.1 Å². The highest BCUT2D eigenvalue weighted by Gasteiger charge is 2.04. The monoisotopic (exact) mass is 235 g/mol. The van der Waals surface area contributed by atoms with Crippen molar-refractivity contribution in [1.29, 1.82) is 0 Å². The second-order valence-electron chi connectivity index (χ2n) is 4.60. The van der Waals surface area contributed by atoms with Crippen molar-refractivity contribution in [2.75, 3.05) is 20.2 Å². The Morgan fingerprint density at radius 1 is 1.12 bits per heavy atom. The molecule has 1 N–H and O–H groups in total. The smallest absolute Gasteiger partial charge is 0.122 e. The Morgan fingerprint density at radius 2 is 1.88 bits per heavy atom. The summed E-state index contributed by atoms with van der Waals surface area (Å²) in [6.07, 6.45) is 3.56. The van der Waals surface area contributed by atoms with Crippen molar-refractivity contribution in [3.05, 3.63) is 28.8 Å². The van der Waals surface area contributed by atoms with Gasteiger partial charge in [-0.2, -0.15) is 0 Å². The van der Waals surface area contributed by atoms with Gasteiger partial charge in [0.15, 0.2) is 0 Å². The SMILES string of the molecule is CCCNCCCc1cc(C)c(OC)cc1C. The minimum atomic E-state index is 0.996. The van der Waals surface area contributed by atoms with Crippen LogP contribution in [-0.2, 0) is 6.42 Å². The van der Waals surface area contributed by atoms with Crippen molar-refractivity contribution in [2.24, 2.45) is 0 Å². The quantitative estimate of drug-likeness (QED) is 0.733. The Labute approximate surface area is 105 Å². The number of rotatable bonds is 7. The van der Waals surface area contributed by atoms with Gasteiger partial charge in [0, 0.05) is 0 Å². The molecule has 0 bridgehead atoms. The molecule has 0 aliphatic rings. The number of hydrogen-bond donors (Lipinski definition) is 1. The van der Waals surface area contributed by atoms with Crippen LogP contribution in [0.3, 0.4) is 0 Å². The van der Waals surface area contributed by atoms with Crippen molar-refractivity contribution in [2.45, 2.75) is 40.0 Å². The second-order valence-corrected chi connectivity index (χ2v) is 4.60. The van der Waals surface area contributed by atoms with E-state index in [0.29, 0.717) is 0 Å². The molecular formula is C15H25NO. The van der Waals surface area contributed by atoms with E-state index in [9.17, 15) is 0 Å². The minimum Gasteiger partial charge on any atom is -0.496 e. The van der Waals surface area contributed by atoms with E-state index in [1.807, 2.05) is 0 Å². The first-order valence-electron chi connectivity index (χ1n) is 6.53. The van der Waals surface area contributed by atoms with E-state index in [-0.39, 0.29) is 0 Å². The highest BCUT2D eigenvalue weighted by Crippen LogP contribution is 2.23. The molecule has 17 heavy (non-hydrogen) atoms. The van der Waals surface area contributed by atoms with Gasteiger partial charge in [-0.15, -0.1) is 0 Å². The van der Waals surface area contributed by atoms with Gasteiger partial charge >= 0.3 is 0 Å². The van der Waals surface area contributed by atoms with Crippen LogP contribution in [0.5, 0.6) is 5.75 Å². The van der Waals surface area contributed by atoms with E-state index in [1.54, 1.807) is 7.11 Å². The van der Waals surface area contributed by atoms with Crippen molar-refractivity contribution in [1.82, 2.24) is 5.32 Å². The molecule has 96 valence electrons. The molecule has 0 fully saturated rings. The van der Waals surface area contributed by atoms with E-state index >= 15 is 0 Å². The van der Waals surface area contributed by atoms with Crippen molar-refractivity contribution in [3.8, 4) is 5.75 Å². The maximum absolute atomic E-state index is 5.33. The molecule has 1 aromatic carbocycles. The first-order chi connectivity index (χ1) is 8.19. The molecule has 0 spiro atoms. The zero-order chi connectivity index (χ0) is 12.7. The summed E-state index contributed by atoms with van der Waals surface area (Å²) in [6, 6.07) is 4.40. The average Bonchev–Trinajstić information content (AvgIpc) is 2.32. The Balaban J connectivity index is 2.51. The Kier molecular flexibility index (Phi) is 6.06. The third-order valence-corrected chi connectivity index (χ3v) is 3.08. The predicted molar refractivity (Wildman–Crippen MR) is 73.9 cm³/mol. The molecule has 0 saturated carbocycles. The average molecular weight is 235 g/mol. The number of hydrogen-bond acceptors (Lipinski definition) is 2. The fourth-order valence-corrected chi connectivity index (χ4v) is 2.04. The van der Waals surface area contributed by atoms with Gasteiger partial charge in [0.05, 0.1) is 7.11 Å². The van der Waals surface area contributed by atoms with Crippen LogP contribution in [0.25, 0.3) is 0 Å². The fourth-order valence-electron chi connectivity index (χ4n) is 2.04. The molecule has 0 amide bonds. The maximum Gasteiger partial charge on any atom is 0.122 e. The molecule has 0 aromatic heterocycles. The number of ether oxygens (including phenoxy) is 1. The number of nitrogens with one attached hydrogen (secondary N) is 1. The summed E-state index contributed by atoms with van der Waals surface area (Å²) in [6.45, 7) is 8.71. The molecule has 0 aliphatic heterocycles. The molecule has 1 rings (SSSR count). The van der Waals surface area contributed by atoms with Crippen molar-refractivity contribution in [3.63, 3.8) is 0 Å². The lowest BCUT2D eigenvalue weighted by Gasteiger charge is -2.11. The van der Waals surface area contributed by atoms with Crippen LogP contribution in [0.4, 0.5) is 0 Å². The lowest BCUT2D eigenvalue weighted by molar-refractivity contribution is 0.411. The third kappa shape index (κ3) is 4.39. The maximum atomic E-state index is 5.33. The van der Waals surface area contributed by atoms with Crippen LogP contribution in [0.15, 0.2) is 12.1 Å². The van der Waals surface area contributed by atoms with Crippen LogP contribution >= 0.6 is 0 Å². The molecular weight excluding hydrogens is 210 g/mol. The van der Waals surface area contributed by atoms with E-state index < -0.39 is 0 Å². The van der Waals surface area contributed by atoms with Crippen LogP contribution in [0.1, 0.15) is 36.5 Å². The highest BCUT2D eigenvalue weighted by molar-refractivity contribution is 5.41. The van der Waals surface area contributed by atoms with Gasteiger partial charge in [0.1, 0.15) is 5.75 Å². The first-order valence-corrected chi connectivity index (χ1v) is 6.53. The molecule has 0 unspecified atom stereocenters. The molecule has 1 aromatic rings. The van der Waals surface area contributed by atoms with E-state index in [4.69, 9.17) is 4.74 Å². The number of aryl methyl sites for hydroxylation is 3. The molecule has 0 radical (unpaired) electrons. The first kappa shape index (κ1) is 14.0. The minimum absolute atomic E-state index is 0.996. The normalized spacial score (nSPS) is 10.6. The summed E-state index contributed by atoms with van der Waals surface area (Å²) >= 11 is 0. The van der Waals surface area contributed by atoms with Gasteiger partial charge in [-0.25, -0.2) is 0 Å². The molecule has 0 aliphatic carbocycles. The van der Waals surface area contributed by atoms with Gasteiger partial charge in [-0.3, -0.25) is 0 Å². The largest absolute Gasteiger partial charge is 0.496 e. The zero-order valence-electron chi connectivity index (χ0n) is 11.6. The number of methoxy groups -OCH3 is 1. The van der Waals surface area contributed by atoms with Gasteiger partial charge in [0.2, 0.25) is 0 Å². The van der Waals surface area contributed by atoms with E-state index in [2.05, 4.69) is 38.2 Å². The van der Waals surface area contributed by atoms with Crippen molar-refractivity contribution >= 4 is 0 Å². The van der Waals surface area contributed by atoms with Gasteiger partial charge in [0.25, 0.3) is 0 Å². The summed E-state index contributed by atoms with van der Waals surface area (Å²) in [4.78, 5) is 0. The van der Waals surface area contributed by atoms with Crippen LogP contribution in [0.2, 0.25) is 0 Å². The molecule has 2 heteroatoms. The second kappa shape index (κ2) is 7.33. The zero-order valence-corrected chi connectivity index (χ0v) is 11.6. The van der Waals surface area contributed by atoms with Crippen molar-refractivity contribution < 1.29 is 4.74 Å². The van der Waals surface area contributed by atoms with E-state index in [1.165, 1.54) is 29.5 Å². The number of benzene rings is 1. The summed E-state index contributed by atoms with van der Waals surface area (Å²) in [7, 11) is 1.73. The third-order valence-electron chi connectivity index (χ3n) is 3.08. The highest BCUT2D eigenvalue weighted by atomic mass is 16.5. The Morgan fingerprint density at radius 3 is 2.53 bits per heavy atom.